The van der Waals surface area contributed by atoms with Crippen molar-refractivity contribution in [2.24, 2.45) is 5.92 Å². The first-order valence-corrected chi connectivity index (χ1v) is 11.0. The largest absolute Gasteiger partial charge is 0.493 e. The molecule has 5 nitrogen and oxygen atoms in total. The van der Waals surface area contributed by atoms with Gasteiger partial charge < -0.3 is 14.4 Å². The van der Waals surface area contributed by atoms with Crippen LogP contribution < -0.4 is 9.47 Å². The molecular formula is C22H28N2O3S. The zero-order valence-corrected chi connectivity index (χ0v) is 17.6. The van der Waals surface area contributed by atoms with Gasteiger partial charge in [-0.05, 0) is 56.2 Å². The molecule has 4 rings (SSSR count). The number of ether oxygens (including phenoxy) is 2. The summed E-state index contributed by atoms with van der Waals surface area (Å²) in [7, 11) is 1.69. The second-order valence-corrected chi connectivity index (χ2v) is 9.04. The van der Waals surface area contributed by atoms with E-state index in [9.17, 15) is 4.79 Å². The Morgan fingerprint density at radius 3 is 2.68 bits per heavy atom. The second-order valence-electron chi connectivity index (χ2n) is 7.98. The van der Waals surface area contributed by atoms with E-state index < -0.39 is 0 Å². The van der Waals surface area contributed by atoms with Crippen LogP contribution in [-0.2, 0) is 0 Å². The molecular weight excluding hydrogens is 372 g/mol. The van der Waals surface area contributed by atoms with Gasteiger partial charge in [0.25, 0.3) is 5.91 Å². The lowest BCUT2D eigenvalue weighted by Crippen LogP contribution is -2.29. The van der Waals surface area contributed by atoms with Crippen molar-refractivity contribution in [2.75, 3.05) is 20.2 Å². The van der Waals surface area contributed by atoms with Crippen molar-refractivity contribution in [3.8, 4) is 11.5 Å². The molecule has 28 heavy (non-hydrogen) atoms. The number of amides is 1. The highest BCUT2D eigenvalue weighted by molar-refractivity contribution is 7.09. The van der Waals surface area contributed by atoms with E-state index in [1.54, 1.807) is 7.11 Å². The van der Waals surface area contributed by atoms with Crippen molar-refractivity contribution >= 4 is 17.2 Å². The lowest BCUT2D eigenvalue weighted by Gasteiger charge is -2.20. The van der Waals surface area contributed by atoms with Crippen LogP contribution in [0.2, 0.25) is 0 Å². The Kier molecular flexibility index (Phi) is 5.58. The molecule has 1 aromatic carbocycles. The zero-order chi connectivity index (χ0) is 19.7. The van der Waals surface area contributed by atoms with Gasteiger partial charge in [-0.1, -0.05) is 13.0 Å². The van der Waals surface area contributed by atoms with Gasteiger partial charge in [0.2, 0.25) is 0 Å². The fraction of sp³-hybridized carbons (Fsp3) is 0.545. The third-order valence-corrected chi connectivity index (χ3v) is 6.72. The maximum Gasteiger partial charge on any atom is 0.273 e. The minimum atomic E-state index is 0.0367. The third kappa shape index (κ3) is 3.88. The summed E-state index contributed by atoms with van der Waals surface area (Å²) >= 11 is 1.52. The van der Waals surface area contributed by atoms with E-state index in [0.29, 0.717) is 24.1 Å². The highest BCUT2D eigenvalue weighted by atomic mass is 32.1. The van der Waals surface area contributed by atoms with Gasteiger partial charge in [0.15, 0.2) is 11.5 Å². The number of hydrogen-bond donors (Lipinski definition) is 0. The minimum Gasteiger partial charge on any atom is -0.493 e. The summed E-state index contributed by atoms with van der Waals surface area (Å²) in [6.45, 7) is 5.61. The smallest absolute Gasteiger partial charge is 0.273 e. The van der Waals surface area contributed by atoms with E-state index in [1.807, 2.05) is 23.3 Å². The summed E-state index contributed by atoms with van der Waals surface area (Å²) in [5.74, 6) is 2.33. The molecule has 0 N–H and O–H groups in total. The predicted octanol–water partition coefficient (Wildman–Crippen LogP) is 4.66. The predicted molar refractivity (Wildman–Crippen MR) is 111 cm³/mol. The van der Waals surface area contributed by atoms with Crippen molar-refractivity contribution < 1.29 is 14.3 Å². The standard InChI is InChI=1S/C22H28N2O3S/c1-14-11-24(22(25)19-13-28-15(2)23-19)12-18(14)16-8-9-20(26-3)21(10-16)27-17-6-4-5-7-17/h8-10,13-14,17-18H,4-7,11-12H2,1-3H3/t14-,18+/m1/s1. The molecule has 2 atom stereocenters. The average molecular weight is 401 g/mol. The molecule has 0 unspecified atom stereocenters. The van der Waals surface area contributed by atoms with Gasteiger partial charge in [-0.15, -0.1) is 11.3 Å². The van der Waals surface area contributed by atoms with Crippen LogP contribution in [0.25, 0.3) is 0 Å². The average Bonchev–Trinajstić information content (AvgIpc) is 3.43. The minimum absolute atomic E-state index is 0.0367. The van der Waals surface area contributed by atoms with Crippen molar-refractivity contribution in [1.82, 2.24) is 9.88 Å². The summed E-state index contributed by atoms with van der Waals surface area (Å²) in [5, 5.41) is 2.78. The van der Waals surface area contributed by atoms with Crippen LogP contribution in [0.15, 0.2) is 23.6 Å². The van der Waals surface area contributed by atoms with Gasteiger partial charge >= 0.3 is 0 Å². The van der Waals surface area contributed by atoms with Crippen molar-refractivity contribution in [1.29, 1.82) is 0 Å². The number of nitrogens with zero attached hydrogens (tertiary/aromatic N) is 2. The molecule has 2 fully saturated rings. The summed E-state index contributed by atoms with van der Waals surface area (Å²) in [6.07, 6.45) is 4.99. The van der Waals surface area contributed by atoms with Crippen molar-refractivity contribution in [3.05, 3.63) is 39.8 Å². The quantitative estimate of drug-likeness (QED) is 0.733. The van der Waals surface area contributed by atoms with E-state index >= 15 is 0 Å². The number of benzene rings is 1. The van der Waals surface area contributed by atoms with Crippen molar-refractivity contribution in [2.45, 2.75) is 51.6 Å². The van der Waals surface area contributed by atoms with Gasteiger partial charge in [-0.2, -0.15) is 0 Å². The van der Waals surface area contributed by atoms with Crippen molar-refractivity contribution in [3.63, 3.8) is 0 Å². The van der Waals surface area contributed by atoms with Crippen LogP contribution in [0.1, 0.15) is 59.6 Å². The Morgan fingerprint density at radius 2 is 2.00 bits per heavy atom. The molecule has 0 radical (unpaired) electrons. The fourth-order valence-electron chi connectivity index (χ4n) is 4.39. The Morgan fingerprint density at radius 1 is 1.21 bits per heavy atom. The molecule has 2 aromatic rings. The molecule has 2 heterocycles. The number of carbonyl (C=O) groups excluding carboxylic acids is 1. The molecule has 6 heteroatoms. The van der Waals surface area contributed by atoms with Gasteiger partial charge in [0, 0.05) is 24.4 Å². The second kappa shape index (κ2) is 8.11. The van der Waals surface area contributed by atoms with Gasteiger partial charge in [0.05, 0.1) is 18.2 Å². The number of likely N-dealkylation sites (tertiary alicyclic amines) is 1. The van der Waals surface area contributed by atoms with E-state index in [4.69, 9.17) is 9.47 Å². The van der Waals surface area contributed by atoms with Crippen LogP contribution >= 0.6 is 11.3 Å². The Hall–Kier alpha value is -2.08. The number of carbonyl (C=O) groups is 1. The zero-order valence-electron chi connectivity index (χ0n) is 16.8. The first-order valence-electron chi connectivity index (χ1n) is 10.1. The molecule has 150 valence electrons. The molecule has 1 aliphatic carbocycles. The lowest BCUT2D eigenvalue weighted by molar-refractivity contribution is 0.0781. The molecule has 1 saturated heterocycles. The molecule has 0 spiro atoms. The first-order chi connectivity index (χ1) is 13.5. The summed E-state index contributed by atoms with van der Waals surface area (Å²) in [4.78, 5) is 19.1. The highest BCUT2D eigenvalue weighted by Crippen LogP contribution is 2.39. The van der Waals surface area contributed by atoms with Crippen LogP contribution in [0.3, 0.4) is 0 Å². The number of aromatic nitrogens is 1. The van der Waals surface area contributed by atoms with E-state index in [-0.39, 0.29) is 12.0 Å². The number of hydrogen-bond acceptors (Lipinski definition) is 5. The fourth-order valence-corrected chi connectivity index (χ4v) is 4.98. The first kappa shape index (κ1) is 19.2. The maximum atomic E-state index is 12.8. The molecule has 1 aromatic heterocycles. The Labute approximate surface area is 170 Å². The Bertz CT molecular complexity index is 844. The van der Waals surface area contributed by atoms with Crippen LogP contribution in [-0.4, -0.2) is 42.1 Å². The SMILES string of the molecule is COc1ccc([C@H]2CN(C(=O)c3csc(C)n3)C[C@H]2C)cc1OC1CCCC1. The maximum absolute atomic E-state index is 12.8. The van der Waals surface area contributed by atoms with Crippen LogP contribution in [0.5, 0.6) is 11.5 Å². The van der Waals surface area contributed by atoms with E-state index in [2.05, 4.69) is 24.0 Å². The summed E-state index contributed by atoms with van der Waals surface area (Å²) < 4.78 is 11.8. The monoisotopic (exact) mass is 400 g/mol. The van der Waals surface area contributed by atoms with Gasteiger partial charge in [-0.25, -0.2) is 4.98 Å². The Balaban J connectivity index is 1.52. The van der Waals surface area contributed by atoms with Gasteiger partial charge in [-0.3, -0.25) is 4.79 Å². The van der Waals surface area contributed by atoms with Crippen LogP contribution in [0, 0.1) is 12.8 Å². The lowest BCUT2D eigenvalue weighted by atomic mass is 9.90. The summed E-state index contributed by atoms with van der Waals surface area (Å²) in [6, 6.07) is 6.24. The number of rotatable bonds is 5. The topological polar surface area (TPSA) is 51.7 Å². The third-order valence-electron chi connectivity index (χ3n) is 5.95. The number of aryl methyl sites for hydroxylation is 1. The molecule has 1 saturated carbocycles. The number of methoxy groups -OCH3 is 1. The highest BCUT2D eigenvalue weighted by Gasteiger charge is 2.35. The molecule has 0 bridgehead atoms. The van der Waals surface area contributed by atoms with Crippen LogP contribution in [0.4, 0.5) is 0 Å². The molecule has 1 aliphatic heterocycles. The molecule has 2 aliphatic rings. The molecule has 1 amide bonds. The summed E-state index contributed by atoms with van der Waals surface area (Å²) in [5.41, 5.74) is 1.78. The number of thiazole rings is 1. The van der Waals surface area contributed by atoms with Gasteiger partial charge in [0.1, 0.15) is 5.69 Å². The normalized spacial score (nSPS) is 22.6. The van der Waals surface area contributed by atoms with E-state index in [0.717, 1.165) is 35.9 Å². The van der Waals surface area contributed by atoms with E-state index in [1.165, 1.54) is 29.7 Å².